The van der Waals surface area contributed by atoms with Crippen LogP contribution >= 0.6 is 23.6 Å². The summed E-state index contributed by atoms with van der Waals surface area (Å²) in [5.74, 6) is 0. The van der Waals surface area contributed by atoms with E-state index < -0.39 is 0 Å². The average molecular weight is 351 g/mol. The lowest BCUT2D eigenvalue weighted by Crippen LogP contribution is -2.37. The number of aromatic nitrogens is 1. The third-order valence-electron chi connectivity index (χ3n) is 4.02. The molecule has 0 bridgehead atoms. The molecule has 0 unspecified atom stereocenters. The number of piperidine rings is 1. The highest BCUT2D eigenvalue weighted by molar-refractivity contribution is 7.80. The molecule has 0 saturated carbocycles. The van der Waals surface area contributed by atoms with Crippen molar-refractivity contribution < 1.29 is 4.92 Å². The minimum absolute atomic E-state index is 0.0958. The average Bonchev–Trinajstić information content (AvgIpc) is 2.86. The molecular formula is C14H17N5O2S2. The summed E-state index contributed by atoms with van der Waals surface area (Å²) in [4.78, 5) is 17.6. The monoisotopic (exact) mass is 351 g/mol. The molecule has 0 amide bonds. The second kappa shape index (κ2) is 6.25. The summed E-state index contributed by atoms with van der Waals surface area (Å²) in [5, 5.41) is 15.0. The van der Waals surface area contributed by atoms with Gasteiger partial charge in [0.2, 0.25) is 0 Å². The lowest BCUT2D eigenvalue weighted by Gasteiger charge is -2.34. The van der Waals surface area contributed by atoms with E-state index in [2.05, 4.69) is 22.1 Å². The molecule has 7 nitrogen and oxygen atoms in total. The molecule has 1 fully saturated rings. The molecule has 9 heteroatoms. The van der Waals surface area contributed by atoms with Crippen LogP contribution in [0.5, 0.6) is 0 Å². The van der Waals surface area contributed by atoms with Crippen LogP contribution in [-0.4, -0.2) is 27.6 Å². The second-order valence-corrected chi connectivity index (χ2v) is 7.08. The van der Waals surface area contributed by atoms with Gasteiger partial charge in [0.15, 0.2) is 10.2 Å². The van der Waals surface area contributed by atoms with Crippen LogP contribution in [0.25, 0.3) is 10.2 Å². The van der Waals surface area contributed by atoms with E-state index in [9.17, 15) is 10.1 Å². The van der Waals surface area contributed by atoms with Crippen molar-refractivity contribution in [2.75, 3.05) is 16.8 Å². The number of fused-ring (bicyclic) bond motifs is 1. The first-order valence-electron chi connectivity index (χ1n) is 7.38. The van der Waals surface area contributed by atoms with Crippen LogP contribution in [-0.2, 0) is 0 Å². The molecule has 1 aromatic heterocycles. The molecule has 0 aliphatic carbocycles. The summed E-state index contributed by atoms with van der Waals surface area (Å²) in [5.41, 5.74) is 6.80. The number of nitrogens with one attached hydrogen (secondary N) is 1. The van der Waals surface area contributed by atoms with Gasteiger partial charge in [-0.05, 0) is 44.5 Å². The number of rotatable bonds is 3. The van der Waals surface area contributed by atoms with Gasteiger partial charge in [0.25, 0.3) is 5.69 Å². The molecule has 1 aliphatic heterocycles. The number of thiazole rings is 1. The molecule has 3 N–H and O–H groups in total. The Morgan fingerprint density at radius 2 is 2.35 bits per heavy atom. The number of hydrogen-bond donors (Lipinski definition) is 2. The number of benzene rings is 1. The molecule has 2 aromatic rings. The van der Waals surface area contributed by atoms with Gasteiger partial charge in [-0.1, -0.05) is 11.3 Å². The van der Waals surface area contributed by atoms with Crippen molar-refractivity contribution in [1.82, 2.24) is 4.98 Å². The van der Waals surface area contributed by atoms with Crippen molar-refractivity contribution >= 4 is 55.4 Å². The third kappa shape index (κ3) is 3.20. The summed E-state index contributed by atoms with van der Waals surface area (Å²) in [7, 11) is 0. The Bertz CT molecular complexity index is 776. The van der Waals surface area contributed by atoms with E-state index in [1.165, 1.54) is 17.4 Å². The number of thiocarbonyl (C=S) groups is 1. The molecular weight excluding hydrogens is 334 g/mol. The molecule has 3 rings (SSSR count). The molecule has 1 aliphatic rings. The zero-order valence-corrected chi connectivity index (χ0v) is 14.2. The maximum atomic E-state index is 11.5. The number of nitrogens with two attached hydrogens (primary N) is 1. The highest BCUT2D eigenvalue weighted by Gasteiger charge is 2.27. The number of anilines is 2. The first-order chi connectivity index (χ1) is 11.0. The molecule has 1 atom stereocenters. The maximum absolute atomic E-state index is 11.5. The predicted octanol–water partition coefficient (Wildman–Crippen LogP) is 3.24. The molecule has 1 saturated heterocycles. The van der Waals surface area contributed by atoms with Gasteiger partial charge in [-0.2, -0.15) is 0 Å². The van der Waals surface area contributed by atoms with Crippen molar-refractivity contribution in [3.05, 3.63) is 22.2 Å². The Hall–Kier alpha value is -2.00. The van der Waals surface area contributed by atoms with E-state index in [4.69, 9.17) is 18.0 Å². The van der Waals surface area contributed by atoms with Crippen LogP contribution in [0.3, 0.4) is 0 Å². The van der Waals surface area contributed by atoms with Crippen molar-refractivity contribution in [1.29, 1.82) is 0 Å². The molecule has 0 radical (unpaired) electrons. The molecule has 0 spiro atoms. The van der Waals surface area contributed by atoms with Gasteiger partial charge in [-0.25, -0.2) is 4.98 Å². The van der Waals surface area contributed by atoms with Crippen molar-refractivity contribution in [3.8, 4) is 0 Å². The van der Waals surface area contributed by atoms with E-state index in [0.29, 0.717) is 22.4 Å². The van der Waals surface area contributed by atoms with Gasteiger partial charge < -0.3 is 16.0 Å². The fraction of sp³-hybridized carbons (Fsp3) is 0.429. The molecule has 23 heavy (non-hydrogen) atoms. The van der Waals surface area contributed by atoms with Crippen molar-refractivity contribution in [3.63, 3.8) is 0 Å². The lowest BCUT2D eigenvalue weighted by molar-refractivity contribution is -0.384. The Morgan fingerprint density at radius 1 is 1.57 bits per heavy atom. The summed E-state index contributed by atoms with van der Waals surface area (Å²) in [6, 6.07) is 3.69. The predicted molar refractivity (Wildman–Crippen MR) is 97.3 cm³/mol. The van der Waals surface area contributed by atoms with E-state index in [1.807, 2.05) is 6.07 Å². The summed E-state index contributed by atoms with van der Waals surface area (Å²) >= 11 is 6.20. The highest BCUT2D eigenvalue weighted by Crippen LogP contribution is 2.38. The number of hydrogen-bond acceptors (Lipinski definition) is 6. The first-order valence-corrected chi connectivity index (χ1v) is 8.60. The third-order valence-corrected chi connectivity index (χ3v) is 5.06. The zero-order chi connectivity index (χ0) is 16.6. The van der Waals surface area contributed by atoms with E-state index >= 15 is 0 Å². The van der Waals surface area contributed by atoms with Crippen LogP contribution in [0.4, 0.5) is 16.5 Å². The van der Waals surface area contributed by atoms with Gasteiger partial charge in [-0.3, -0.25) is 10.1 Å². The SMILES string of the molecule is C[C@@H]1CCCCN1c1cc2sc(NC(N)=S)nc2cc1[N+](=O)[O-]. The molecule has 2 heterocycles. The van der Waals surface area contributed by atoms with Gasteiger partial charge >= 0.3 is 0 Å². The minimum Gasteiger partial charge on any atom is -0.376 e. The van der Waals surface area contributed by atoms with Crippen LogP contribution in [0.2, 0.25) is 0 Å². The standard InChI is InChI=1S/C14H17N5O2S2/c1-8-4-2-3-5-18(8)10-7-12-9(6-11(10)19(20)21)16-14(23-12)17-13(15)22/h6-8H,2-5H2,1H3,(H3,15,16,17,22)/t8-/m1/s1. The summed E-state index contributed by atoms with van der Waals surface area (Å²) < 4.78 is 0.877. The normalized spacial score (nSPS) is 18.1. The van der Waals surface area contributed by atoms with Crippen LogP contribution in [0.15, 0.2) is 12.1 Å². The van der Waals surface area contributed by atoms with Crippen LogP contribution in [0, 0.1) is 10.1 Å². The van der Waals surface area contributed by atoms with Crippen LogP contribution < -0.4 is 16.0 Å². The van der Waals surface area contributed by atoms with Crippen molar-refractivity contribution in [2.45, 2.75) is 32.2 Å². The largest absolute Gasteiger partial charge is 0.376 e. The summed E-state index contributed by atoms with van der Waals surface area (Å²) in [6.07, 6.45) is 3.26. The Kier molecular flexibility index (Phi) is 4.31. The first kappa shape index (κ1) is 15.9. The quantitative estimate of drug-likeness (QED) is 0.498. The molecule has 1 aromatic carbocycles. The Labute approximate surface area is 142 Å². The minimum atomic E-state index is -0.337. The number of nitrogens with zero attached hydrogens (tertiary/aromatic N) is 3. The molecule has 122 valence electrons. The van der Waals surface area contributed by atoms with E-state index in [-0.39, 0.29) is 15.7 Å². The van der Waals surface area contributed by atoms with Crippen LogP contribution in [0.1, 0.15) is 26.2 Å². The Morgan fingerprint density at radius 3 is 3.00 bits per heavy atom. The van der Waals surface area contributed by atoms with E-state index in [1.54, 1.807) is 0 Å². The van der Waals surface area contributed by atoms with Crippen molar-refractivity contribution in [2.24, 2.45) is 5.73 Å². The van der Waals surface area contributed by atoms with Gasteiger partial charge in [-0.15, -0.1) is 0 Å². The van der Waals surface area contributed by atoms with Gasteiger partial charge in [0, 0.05) is 18.7 Å². The number of nitro groups is 1. The highest BCUT2D eigenvalue weighted by atomic mass is 32.1. The second-order valence-electron chi connectivity index (χ2n) is 5.61. The smallest absolute Gasteiger partial charge is 0.294 e. The van der Waals surface area contributed by atoms with E-state index in [0.717, 1.165) is 30.5 Å². The lowest BCUT2D eigenvalue weighted by atomic mass is 10.0. The summed E-state index contributed by atoms with van der Waals surface area (Å²) in [6.45, 7) is 2.95. The van der Waals surface area contributed by atoms with Gasteiger partial charge in [0.05, 0.1) is 15.1 Å². The fourth-order valence-electron chi connectivity index (χ4n) is 2.94. The number of nitro benzene ring substituents is 1. The topological polar surface area (TPSA) is 97.3 Å². The maximum Gasteiger partial charge on any atom is 0.294 e. The van der Waals surface area contributed by atoms with Gasteiger partial charge in [0.1, 0.15) is 5.69 Å². The zero-order valence-electron chi connectivity index (χ0n) is 12.6. The fourth-order valence-corrected chi connectivity index (χ4v) is 4.00. The Balaban J connectivity index is 2.09.